The Balaban J connectivity index is 2.32. The molecule has 2 rings (SSSR count). The van der Waals surface area contributed by atoms with Gasteiger partial charge in [0.2, 0.25) is 5.88 Å². The van der Waals surface area contributed by atoms with Gasteiger partial charge in [-0.3, -0.25) is 0 Å². The average molecular weight is 338 g/mol. The van der Waals surface area contributed by atoms with Gasteiger partial charge in [-0.15, -0.1) is 0 Å². The molecule has 0 spiro atoms. The number of aromatic nitrogens is 2. The van der Waals surface area contributed by atoms with Gasteiger partial charge in [0.15, 0.2) is 0 Å². The van der Waals surface area contributed by atoms with Crippen molar-refractivity contribution in [1.82, 2.24) is 15.1 Å². The predicted molar refractivity (Wildman–Crippen MR) is 84.3 cm³/mol. The van der Waals surface area contributed by atoms with E-state index in [4.69, 9.17) is 4.74 Å². The molecular formula is C15H20BrN3O. The van der Waals surface area contributed by atoms with E-state index in [9.17, 15) is 0 Å². The highest BCUT2D eigenvalue weighted by atomic mass is 79.9. The van der Waals surface area contributed by atoms with Crippen LogP contribution >= 0.6 is 15.9 Å². The molecule has 5 heteroatoms. The Labute approximate surface area is 128 Å². The van der Waals surface area contributed by atoms with Crippen LogP contribution < -0.4 is 10.1 Å². The number of rotatable bonds is 5. The zero-order valence-corrected chi connectivity index (χ0v) is 13.9. The zero-order valence-electron chi connectivity index (χ0n) is 12.3. The molecule has 1 aromatic heterocycles. The molecule has 108 valence electrons. The number of nitrogens with one attached hydrogen (secondary N) is 1. The number of benzene rings is 1. The van der Waals surface area contributed by atoms with Crippen molar-refractivity contribution in [2.75, 3.05) is 6.54 Å². The third-order valence-corrected chi connectivity index (χ3v) is 3.68. The molecule has 0 saturated heterocycles. The number of hydrogen-bond donors (Lipinski definition) is 1. The van der Waals surface area contributed by atoms with Crippen molar-refractivity contribution in [2.45, 2.75) is 27.3 Å². The lowest BCUT2D eigenvalue weighted by atomic mass is 10.2. The first kappa shape index (κ1) is 15.1. The molecule has 0 unspecified atom stereocenters. The van der Waals surface area contributed by atoms with Crippen LogP contribution in [0, 0.1) is 13.8 Å². The maximum Gasteiger partial charge on any atom is 0.222 e. The van der Waals surface area contributed by atoms with Crippen molar-refractivity contribution in [3.8, 4) is 11.6 Å². The van der Waals surface area contributed by atoms with Crippen molar-refractivity contribution in [2.24, 2.45) is 7.05 Å². The number of hydrogen-bond acceptors (Lipinski definition) is 3. The molecule has 0 amide bonds. The minimum absolute atomic E-state index is 0.765. The van der Waals surface area contributed by atoms with Crippen LogP contribution in [0.25, 0.3) is 0 Å². The fraction of sp³-hybridized carbons (Fsp3) is 0.400. The molecule has 2 aromatic rings. The summed E-state index contributed by atoms with van der Waals surface area (Å²) >= 11 is 3.47. The molecule has 1 aromatic carbocycles. The molecule has 4 nitrogen and oxygen atoms in total. The highest BCUT2D eigenvalue weighted by Crippen LogP contribution is 2.30. The van der Waals surface area contributed by atoms with Crippen molar-refractivity contribution < 1.29 is 4.74 Å². The lowest BCUT2D eigenvalue weighted by molar-refractivity contribution is 0.421. The number of nitrogens with zero attached hydrogens (tertiary/aromatic N) is 2. The van der Waals surface area contributed by atoms with E-state index in [0.717, 1.165) is 46.0 Å². The van der Waals surface area contributed by atoms with Crippen molar-refractivity contribution in [3.63, 3.8) is 0 Å². The van der Waals surface area contributed by atoms with Gasteiger partial charge in [-0.1, -0.05) is 22.9 Å². The Hall–Kier alpha value is -1.33. The molecule has 1 heterocycles. The van der Waals surface area contributed by atoms with Crippen molar-refractivity contribution >= 4 is 15.9 Å². The lowest BCUT2D eigenvalue weighted by Crippen LogP contribution is -2.13. The second-order valence-electron chi connectivity index (χ2n) is 4.78. The van der Waals surface area contributed by atoms with Crippen LogP contribution in [-0.4, -0.2) is 16.3 Å². The predicted octanol–water partition coefficient (Wildman–Crippen LogP) is 3.70. The summed E-state index contributed by atoms with van der Waals surface area (Å²) in [6.07, 6.45) is 0. The van der Waals surface area contributed by atoms with E-state index in [-0.39, 0.29) is 0 Å². The maximum atomic E-state index is 6.08. The van der Waals surface area contributed by atoms with E-state index in [1.165, 1.54) is 0 Å². The Kier molecular flexibility index (Phi) is 4.83. The first-order valence-electron chi connectivity index (χ1n) is 6.70. The number of ether oxygens (including phenoxy) is 1. The summed E-state index contributed by atoms with van der Waals surface area (Å²) < 4.78 is 8.93. The number of aryl methyl sites for hydroxylation is 3. The standard InChI is InChI=1S/C15H20BrN3O/c1-5-17-9-13-11(3)18-19(4)15(13)20-14-7-6-12(16)8-10(14)2/h6-8,17H,5,9H2,1-4H3. The van der Waals surface area contributed by atoms with Gasteiger partial charge in [-0.25, -0.2) is 4.68 Å². The Bertz CT molecular complexity index is 607. The van der Waals surface area contributed by atoms with Crippen LogP contribution in [0.3, 0.4) is 0 Å². The normalized spacial score (nSPS) is 10.8. The van der Waals surface area contributed by atoms with Crippen LogP contribution in [0.4, 0.5) is 0 Å². The van der Waals surface area contributed by atoms with Gasteiger partial charge in [0.25, 0.3) is 0 Å². The second kappa shape index (κ2) is 6.41. The summed E-state index contributed by atoms with van der Waals surface area (Å²) in [5.74, 6) is 1.66. The fourth-order valence-electron chi connectivity index (χ4n) is 2.09. The quantitative estimate of drug-likeness (QED) is 0.904. The Morgan fingerprint density at radius 3 is 2.75 bits per heavy atom. The van der Waals surface area contributed by atoms with Crippen molar-refractivity contribution in [3.05, 3.63) is 39.5 Å². The number of halogens is 1. The second-order valence-corrected chi connectivity index (χ2v) is 5.70. The molecular weight excluding hydrogens is 318 g/mol. The van der Waals surface area contributed by atoms with E-state index in [0.29, 0.717) is 0 Å². The molecule has 20 heavy (non-hydrogen) atoms. The van der Waals surface area contributed by atoms with Gasteiger partial charge in [-0.05, 0) is 44.2 Å². The third-order valence-electron chi connectivity index (χ3n) is 3.18. The maximum absolute atomic E-state index is 6.08. The van der Waals surface area contributed by atoms with Crippen LogP contribution in [0.1, 0.15) is 23.7 Å². The molecule has 0 fully saturated rings. The van der Waals surface area contributed by atoms with Gasteiger partial charge in [-0.2, -0.15) is 5.10 Å². The van der Waals surface area contributed by atoms with Crippen LogP contribution in [0.15, 0.2) is 22.7 Å². The van der Waals surface area contributed by atoms with Gasteiger partial charge in [0.1, 0.15) is 5.75 Å². The molecule has 0 atom stereocenters. The smallest absolute Gasteiger partial charge is 0.222 e. The fourth-order valence-corrected chi connectivity index (χ4v) is 2.57. The third kappa shape index (κ3) is 3.22. The monoisotopic (exact) mass is 337 g/mol. The van der Waals surface area contributed by atoms with E-state index in [1.807, 2.05) is 39.1 Å². The Morgan fingerprint density at radius 1 is 1.35 bits per heavy atom. The molecule has 0 bridgehead atoms. The van der Waals surface area contributed by atoms with Crippen LogP contribution in [-0.2, 0) is 13.6 Å². The van der Waals surface area contributed by atoms with Gasteiger partial charge < -0.3 is 10.1 Å². The van der Waals surface area contributed by atoms with Gasteiger partial charge >= 0.3 is 0 Å². The van der Waals surface area contributed by atoms with Crippen LogP contribution in [0.2, 0.25) is 0 Å². The summed E-state index contributed by atoms with van der Waals surface area (Å²) in [6.45, 7) is 7.82. The summed E-state index contributed by atoms with van der Waals surface area (Å²) in [7, 11) is 1.91. The topological polar surface area (TPSA) is 39.1 Å². The summed E-state index contributed by atoms with van der Waals surface area (Å²) in [5, 5.41) is 7.78. The summed E-state index contributed by atoms with van der Waals surface area (Å²) in [6, 6.07) is 6.00. The largest absolute Gasteiger partial charge is 0.439 e. The minimum Gasteiger partial charge on any atom is -0.439 e. The minimum atomic E-state index is 0.765. The van der Waals surface area contributed by atoms with E-state index in [1.54, 1.807) is 4.68 Å². The molecule has 0 aliphatic rings. The average Bonchev–Trinajstić information content (AvgIpc) is 2.65. The first-order valence-corrected chi connectivity index (χ1v) is 7.49. The SMILES string of the molecule is CCNCc1c(C)nn(C)c1Oc1ccc(Br)cc1C. The highest BCUT2D eigenvalue weighted by Gasteiger charge is 2.15. The van der Waals surface area contributed by atoms with Gasteiger partial charge in [0.05, 0.1) is 11.3 Å². The Morgan fingerprint density at radius 2 is 2.10 bits per heavy atom. The van der Waals surface area contributed by atoms with E-state index < -0.39 is 0 Å². The molecule has 0 aliphatic heterocycles. The van der Waals surface area contributed by atoms with Crippen LogP contribution in [0.5, 0.6) is 11.6 Å². The summed E-state index contributed by atoms with van der Waals surface area (Å²) in [4.78, 5) is 0. The molecule has 0 saturated carbocycles. The van der Waals surface area contributed by atoms with E-state index in [2.05, 4.69) is 33.3 Å². The molecule has 0 radical (unpaired) electrons. The van der Waals surface area contributed by atoms with Gasteiger partial charge in [0, 0.05) is 18.1 Å². The zero-order chi connectivity index (χ0) is 14.7. The molecule has 1 N–H and O–H groups in total. The van der Waals surface area contributed by atoms with E-state index >= 15 is 0 Å². The first-order chi connectivity index (χ1) is 9.52. The lowest BCUT2D eigenvalue weighted by Gasteiger charge is -2.11. The van der Waals surface area contributed by atoms with Crippen molar-refractivity contribution in [1.29, 1.82) is 0 Å². The molecule has 0 aliphatic carbocycles. The highest BCUT2D eigenvalue weighted by molar-refractivity contribution is 9.10. The summed E-state index contributed by atoms with van der Waals surface area (Å²) in [5.41, 5.74) is 3.20.